The quantitative estimate of drug-likeness (QED) is 0.770. The van der Waals surface area contributed by atoms with Gasteiger partial charge in [-0.2, -0.15) is 0 Å². The summed E-state index contributed by atoms with van der Waals surface area (Å²) in [6, 6.07) is 10.1. The van der Waals surface area contributed by atoms with Crippen LogP contribution in [-0.4, -0.2) is 26.8 Å². The van der Waals surface area contributed by atoms with Crippen LogP contribution in [0.2, 0.25) is 0 Å². The monoisotopic (exact) mass is 318 g/mol. The average Bonchev–Trinajstić information content (AvgIpc) is 2.91. The number of hydrogen-bond donors (Lipinski definition) is 2. The largest absolute Gasteiger partial charge is 0.349 e. The van der Waals surface area contributed by atoms with Crippen LogP contribution >= 0.6 is 11.8 Å². The topological polar surface area (TPSA) is 70.7 Å². The first kappa shape index (κ1) is 16.5. The standard InChI is InChI=1S/C16H22N4OS/c1-11(2)9-14(13-7-5-4-6-8-13)18-15(21)10-22-16-17-12(3)19-20-16/h4-8,11,14H,9-10H2,1-3H3,(H,18,21)(H,17,19,20). The Bertz CT molecular complexity index is 597. The van der Waals surface area contributed by atoms with Gasteiger partial charge in [0.25, 0.3) is 0 Å². The Morgan fingerprint density at radius 1 is 1.32 bits per heavy atom. The highest BCUT2D eigenvalue weighted by Crippen LogP contribution is 2.21. The summed E-state index contributed by atoms with van der Waals surface area (Å²) in [5, 5.41) is 10.5. The summed E-state index contributed by atoms with van der Waals surface area (Å²) in [5.74, 6) is 1.58. The minimum absolute atomic E-state index is 0.00181. The van der Waals surface area contributed by atoms with E-state index in [0.29, 0.717) is 16.8 Å². The molecule has 5 nitrogen and oxygen atoms in total. The lowest BCUT2D eigenvalue weighted by Crippen LogP contribution is -2.30. The lowest BCUT2D eigenvalue weighted by Gasteiger charge is -2.21. The smallest absolute Gasteiger partial charge is 0.230 e. The normalized spacial score (nSPS) is 12.4. The second-order valence-electron chi connectivity index (χ2n) is 5.65. The van der Waals surface area contributed by atoms with E-state index in [-0.39, 0.29) is 11.9 Å². The van der Waals surface area contributed by atoms with Crippen molar-refractivity contribution >= 4 is 17.7 Å². The Morgan fingerprint density at radius 2 is 2.05 bits per heavy atom. The second kappa shape index (κ2) is 7.98. The number of thioether (sulfide) groups is 1. The molecule has 0 saturated carbocycles. The van der Waals surface area contributed by atoms with E-state index in [1.54, 1.807) is 0 Å². The molecule has 1 atom stereocenters. The third-order valence-electron chi connectivity index (χ3n) is 3.15. The molecule has 1 heterocycles. The maximum Gasteiger partial charge on any atom is 0.230 e. The van der Waals surface area contributed by atoms with Gasteiger partial charge in [-0.05, 0) is 24.8 Å². The van der Waals surface area contributed by atoms with Gasteiger partial charge in [-0.15, -0.1) is 5.10 Å². The zero-order chi connectivity index (χ0) is 15.9. The van der Waals surface area contributed by atoms with Crippen molar-refractivity contribution in [1.29, 1.82) is 0 Å². The van der Waals surface area contributed by atoms with Crippen LogP contribution in [0.4, 0.5) is 0 Å². The van der Waals surface area contributed by atoms with Crippen LogP contribution in [0.15, 0.2) is 35.5 Å². The second-order valence-corrected chi connectivity index (χ2v) is 6.59. The van der Waals surface area contributed by atoms with Gasteiger partial charge in [0.05, 0.1) is 11.8 Å². The maximum atomic E-state index is 12.2. The lowest BCUT2D eigenvalue weighted by molar-refractivity contribution is -0.119. The summed E-state index contributed by atoms with van der Waals surface area (Å²) in [6.07, 6.45) is 0.917. The first-order valence-corrected chi connectivity index (χ1v) is 8.39. The summed E-state index contributed by atoms with van der Waals surface area (Å²) in [7, 11) is 0. The number of hydrogen-bond acceptors (Lipinski definition) is 4. The molecule has 2 rings (SSSR count). The van der Waals surface area contributed by atoms with Crippen LogP contribution in [0.1, 0.15) is 37.7 Å². The summed E-state index contributed by atoms with van der Waals surface area (Å²) in [6.45, 7) is 6.16. The average molecular weight is 318 g/mol. The molecule has 118 valence electrons. The number of carbonyl (C=O) groups is 1. The van der Waals surface area contributed by atoms with E-state index in [0.717, 1.165) is 17.8 Å². The van der Waals surface area contributed by atoms with Gasteiger partial charge in [0.2, 0.25) is 11.1 Å². The van der Waals surface area contributed by atoms with Gasteiger partial charge in [-0.1, -0.05) is 55.9 Å². The van der Waals surface area contributed by atoms with Crippen molar-refractivity contribution < 1.29 is 4.79 Å². The van der Waals surface area contributed by atoms with E-state index in [9.17, 15) is 4.79 Å². The van der Waals surface area contributed by atoms with E-state index in [1.165, 1.54) is 11.8 Å². The Hall–Kier alpha value is -1.82. The molecular formula is C16H22N4OS. The van der Waals surface area contributed by atoms with Crippen LogP contribution in [0.25, 0.3) is 0 Å². The van der Waals surface area contributed by atoms with Crippen molar-refractivity contribution in [1.82, 2.24) is 20.5 Å². The third-order valence-corrected chi connectivity index (χ3v) is 4.00. The molecule has 0 bridgehead atoms. The third kappa shape index (κ3) is 5.18. The highest BCUT2D eigenvalue weighted by atomic mass is 32.2. The van der Waals surface area contributed by atoms with Crippen molar-refractivity contribution in [3.63, 3.8) is 0 Å². The molecule has 2 aromatic rings. The molecule has 0 aliphatic rings. The fraction of sp³-hybridized carbons (Fsp3) is 0.438. The lowest BCUT2D eigenvalue weighted by atomic mass is 9.97. The van der Waals surface area contributed by atoms with E-state index in [2.05, 4.69) is 46.5 Å². The number of benzene rings is 1. The van der Waals surface area contributed by atoms with Gasteiger partial charge in [0.15, 0.2) is 0 Å². The summed E-state index contributed by atoms with van der Waals surface area (Å²) in [4.78, 5) is 16.4. The Morgan fingerprint density at radius 3 is 2.64 bits per heavy atom. The SMILES string of the molecule is Cc1nc(SCC(=O)NC(CC(C)C)c2ccccc2)n[nH]1. The Labute approximate surface area is 135 Å². The van der Waals surface area contributed by atoms with Crippen molar-refractivity contribution in [3.05, 3.63) is 41.7 Å². The van der Waals surface area contributed by atoms with Gasteiger partial charge in [-0.3, -0.25) is 9.89 Å². The molecule has 1 aromatic carbocycles. The number of amides is 1. The molecule has 6 heteroatoms. The van der Waals surface area contributed by atoms with Gasteiger partial charge in [0.1, 0.15) is 5.82 Å². The van der Waals surface area contributed by atoms with Crippen LogP contribution in [0, 0.1) is 12.8 Å². The Balaban J connectivity index is 1.93. The van der Waals surface area contributed by atoms with Gasteiger partial charge >= 0.3 is 0 Å². The Kier molecular flexibility index (Phi) is 6.00. The minimum Gasteiger partial charge on any atom is -0.349 e. The number of aryl methyl sites for hydroxylation is 1. The maximum absolute atomic E-state index is 12.2. The van der Waals surface area contributed by atoms with Crippen molar-refractivity contribution in [3.8, 4) is 0 Å². The molecule has 0 aliphatic heterocycles. The zero-order valence-corrected chi connectivity index (χ0v) is 14.0. The molecule has 1 aromatic heterocycles. The molecule has 0 fully saturated rings. The number of aromatic amines is 1. The number of aromatic nitrogens is 3. The van der Waals surface area contributed by atoms with Crippen molar-refractivity contribution in [2.75, 3.05) is 5.75 Å². The number of H-pyrrole nitrogens is 1. The van der Waals surface area contributed by atoms with Gasteiger partial charge in [0, 0.05) is 0 Å². The van der Waals surface area contributed by atoms with E-state index in [4.69, 9.17) is 0 Å². The van der Waals surface area contributed by atoms with E-state index >= 15 is 0 Å². The number of nitrogens with one attached hydrogen (secondary N) is 2. The molecule has 22 heavy (non-hydrogen) atoms. The van der Waals surface area contributed by atoms with Crippen LogP contribution in [0.3, 0.4) is 0 Å². The fourth-order valence-electron chi connectivity index (χ4n) is 2.19. The predicted octanol–water partition coefficient (Wildman–Crippen LogP) is 3.11. The number of rotatable bonds is 7. The first-order valence-electron chi connectivity index (χ1n) is 7.40. The van der Waals surface area contributed by atoms with Crippen LogP contribution < -0.4 is 5.32 Å². The minimum atomic E-state index is 0.00181. The molecule has 2 N–H and O–H groups in total. The van der Waals surface area contributed by atoms with Crippen LogP contribution in [0.5, 0.6) is 0 Å². The summed E-state index contributed by atoms with van der Waals surface area (Å²) < 4.78 is 0. The van der Waals surface area contributed by atoms with Gasteiger partial charge < -0.3 is 5.32 Å². The molecular weight excluding hydrogens is 296 g/mol. The number of nitrogens with zero attached hydrogens (tertiary/aromatic N) is 2. The molecule has 0 radical (unpaired) electrons. The fourth-order valence-corrected chi connectivity index (χ4v) is 2.84. The van der Waals surface area contributed by atoms with E-state index < -0.39 is 0 Å². The molecule has 0 saturated heterocycles. The summed E-state index contributed by atoms with van der Waals surface area (Å²) in [5.41, 5.74) is 1.14. The molecule has 1 unspecified atom stereocenters. The van der Waals surface area contributed by atoms with Gasteiger partial charge in [-0.25, -0.2) is 4.98 Å². The summed E-state index contributed by atoms with van der Waals surface area (Å²) >= 11 is 1.34. The first-order chi connectivity index (χ1) is 10.5. The molecule has 1 amide bonds. The van der Waals surface area contributed by atoms with Crippen molar-refractivity contribution in [2.24, 2.45) is 5.92 Å². The van der Waals surface area contributed by atoms with Crippen LogP contribution in [-0.2, 0) is 4.79 Å². The molecule has 0 spiro atoms. The van der Waals surface area contributed by atoms with E-state index in [1.807, 2.05) is 25.1 Å². The predicted molar refractivity (Wildman–Crippen MR) is 88.6 cm³/mol. The van der Waals surface area contributed by atoms with Crippen molar-refractivity contribution in [2.45, 2.75) is 38.4 Å². The number of carbonyl (C=O) groups excluding carboxylic acids is 1. The zero-order valence-electron chi connectivity index (χ0n) is 13.2. The highest BCUT2D eigenvalue weighted by molar-refractivity contribution is 7.99. The highest BCUT2D eigenvalue weighted by Gasteiger charge is 2.16. The molecule has 0 aliphatic carbocycles.